The normalized spacial score (nSPS) is 19.8. The fourth-order valence-electron chi connectivity index (χ4n) is 2.37. The maximum Gasteiger partial charge on any atom is 0.265 e. The van der Waals surface area contributed by atoms with Crippen LogP contribution in [0.15, 0.2) is 11.4 Å². The van der Waals surface area contributed by atoms with E-state index in [1.165, 1.54) is 11.3 Å². The first-order chi connectivity index (χ1) is 8.74. The van der Waals surface area contributed by atoms with Crippen molar-refractivity contribution in [1.29, 1.82) is 0 Å². The minimum Gasteiger partial charge on any atom is -0.334 e. The van der Waals surface area contributed by atoms with Crippen LogP contribution in [0.3, 0.4) is 0 Å². The molecular formula is C13H19ClN2OS. The Bertz CT molecular complexity index is 401. The van der Waals surface area contributed by atoms with Gasteiger partial charge in [0.15, 0.2) is 0 Å². The highest BCUT2D eigenvalue weighted by atomic mass is 35.5. The summed E-state index contributed by atoms with van der Waals surface area (Å²) in [6, 6.07) is 2.10. The molecule has 0 saturated carbocycles. The van der Waals surface area contributed by atoms with Gasteiger partial charge in [-0.05, 0) is 37.3 Å². The van der Waals surface area contributed by atoms with Crippen molar-refractivity contribution in [3.8, 4) is 0 Å². The van der Waals surface area contributed by atoms with E-state index in [4.69, 9.17) is 11.6 Å². The summed E-state index contributed by atoms with van der Waals surface area (Å²) in [7, 11) is 0. The third-order valence-electron chi connectivity index (χ3n) is 3.25. The fraction of sp³-hybridized carbons (Fsp3) is 0.615. The number of amides is 1. The molecule has 3 nitrogen and oxygen atoms in total. The summed E-state index contributed by atoms with van der Waals surface area (Å²) in [5.41, 5.74) is 0. The lowest BCUT2D eigenvalue weighted by Gasteiger charge is -2.34. The van der Waals surface area contributed by atoms with E-state index in [1.54, 1.807) is 6.07 Å². The van der Waals surface area contributed by atoms with Gasteiger partial charge in [0.25, 0.3) is 5.91 Å². The van der Waals surface area contributed by atoms with Crippen molar-refractivity contribution >= 4 is 28.8 Å². The van der Waals surface area contributed by atoms with Gasteiger partial charge in [0.1, 0.15) is 4.88 Å². The first-order valence-electron chi connectivity index (χ1n) is 6.48. The molecule has 0 aromatic carbocycles. The highest BCUT2D eigenvalue weighted by molar-refractivity contribution is 7.12. The van der Waals surface area contributed by atoms with Crippen molar-refractivity contribution in [2.24, 2.45) is 0 Å². The summed E-state index contributed by atoms with van der Waals surface area (Å²) >= 11 is 7.50. The first kappa shape index (κ1) is 13.8. The van der Waals surface area contributed by atoms with Crippen LogP contribution in [0.4, 0.5) is 0 Å². The molecule has 1 atom stereocenters. The Labute approximate surface area is 117 Å². The first-order valence-corrected chi connectivity index (χ1v) is 7.74. The third-order valence-corrected chi connectivity index (χ3v) is 4.58. The number of halogens is 1. The van der Waals surface area contributed by atoms with Crippen LogP contribution in [-0.4, -0.2) is 36.5 Å². The minimum atomic E-state index is 0.0885. The van der Waals surface area contributed by atoms with Gasteiger partial charge in [0.2, 0.25) is 0 Å². The second kappa shape index (κ2) is 6.55. The number of nitrogens with one attached hydrogen (secondary N) is 1. The van der Waals surface area contributed by atoms with E-state index in [0.717, 1.165) is 38.9 Å². The molecular weight excluding hydrogens is 268 g/mol. The van der Waals surface area contributed by atoms with Crippen molar-refractivity contribution in [2.75, 3.05) is 19.6 Å². The van der Waals surface area contributed by atoms with Crippen LogP contribution in [0.1, 0.15) is 35.9 Å². The van der Waals surface area contributed by atoms with Crippen molar-refractivity contribution < 1.29 is 4.79 Å². The number of thiophene rings is 1. The van der Waals surface area contributed by atoms with Gasteiger partial charge < -0.3 is 10.2 Å². The molecule has 1 amide bonds. The van der Waals surface area contributed by atoms with E-state index in [0.29, 0.717) is 15.9 Å². The monoisotopic (exact) mass is 286 g/mol. The van der Waals surface area contributed by atoms with Crippen molar-refractivity contribution in [1.82, 2.24) is 10.2 Å². The van der Waals surface area contributed by atoms with Crippen LogP contribution < -0.4 is 5.32 Å². The molecule has 1 aliphatic rings. The third kappa shape index (κ3) is 3.05. The zero-order chi connectivity index (χ0) is 13.0. The molecule has 5 heteroatoms. The summed E-state index contributed by atoms with van der Waals surface area (Å²) in [4.78, 5) is 15.2. The number of piperidine rings is 1. The summed E-state index contributed by atoms with van der Waals surface area (Å²) < 4.78 is 0. The summed E-state index contributed by atoms with van der Waals surface area (Å²) in [6.45, 7) is 4.87. The molecule has 100 valence electrons. The van der Waals surface area contributed by atoms with E-state index in [2.05, 4.69) is 12.2 Å². The minimum absolute atomic E-state index is 0.0885. The van der Waals surface area contributed by atoms with Crippen molar-refractivity contribution in [3.05, 3.63) is 21.3 Å². The predicted octanol–water partition coefficient (Wildman–Crippen LogP) is 3.01. The molecule has 1 aromatic rings. The Morgan fingerprint density at radius 1 is 1.67 bits per heavy atom. The molecule has 1 saturated heterocycles. The molecule has 1 N–H and O–H groups in total. The second-order valence-corrected chi connectivity index (χ2v) is 5.92. The lowest BCUT2D eigenvalue weighted by Crippen LogP contribution is -2.48. The van der Waals surface area contributed by atoms with Gasteiger partial charge in [-0.3, -0.25) is 4.79 Å². The number of rotatable bonds is 4. The Hall–Kier alpha value is -0.580. The van der Waals surface area contributed by atoms with Gasteiger partial charge in [-0.1, -0.05) is 18.5 Å². The number of carbonyl (C=O) groups is 1. The summed E-state index contributed by atoms with van der Waals surface area (Å²) in [6.07, 6.45) is 3.20. The maximum absolute atomic E-state index is 12.5. The largest absolute Gasteiger partial charge is 0.334 e. The molecule has 0 aliphatic carbocycles. The molecule has 1 fully saturated rings. The van der Waals surface area contributed by atoms with Crippen molar-refractivity contribution in [2.45, 2.75) is 32.2 Å². The Morgan fingerprint density at radius 2 is 2.50 bits per heavy atom. The molecule has 1 aromatic heterocycles. The number of carbonyl (C=O) groups excluding carboxylic acids is 1. The van der Waals surface area contributed by atoms with E-state index in [1.807, 2.05) is 10.3 Å². The Balaban J connectivity index is 2.13. The van der Waals surface area contributed by atoms with Crippen molar-refractivity contribution in [3.63, 3.8) is 0 Å². The molecule has 0 radical (unpaired) electrons. The average Bonchev–Trinajstić information content (AvgIpc) is 2.82. The molecule has 1 unspecified atom stereocenters. The predicted molar refractivity (Wildman–Crippen MR) is 76.5 cm³/mol. The molecule has 0 bridgehead atoms. The summed E-state index contributed by atoms with van der Waals surface area (Å²) in [5, 5.41) is 5.82. The fourth-order valence-corrected chi connectivity index (χ4v) is 3.46. The van der Waals surface area contributed by atoms with Gasteiger partial charge >= 0.3 is 0 Å². The maximum atomic E-state index is 12.5. The van der Waals surface area contributed by atoms with E-state index < -0.39 is 0 Å². The standard InChI is InChI=1S/C13H19ClN2OS/c1-2-7-16(10-4-3-6-15-9-10)13(17)12-11(14)5-8-18-12/h5,8,10,15H,2-4,6-7,9H2,1H3. The van der Waals surface area contributed by atoms with Crippen LogP contribution in [0.2, 0.25) is 5.02 Å². The molecule has 1 aliphatic heterocycles. The highest BCUT2D eigenvalue weighted by Gasteiger charge is 2.27. The smallest absolute Gasteiger partial charge is 0.265 e. The quantitative estimate of drug-likeness (QED) is 0.923. The zero-order valence-corrected chi connectivity index (χ0v) is 12.2. The van der Waals surface area contributed by atoms with Gasteiger partial charge in [-0.15, -0.1) is 11.3 Å². The van der Waals surface area contributed by atoms with Crippen LogP contribution >= 0.6 is 22.9 Å². The van der Waals surface area contributed by atoms with E-state index >= 15 is 0 Å². The van der Waals surface area contributed by atoms with Gasteiger partial charge in [-0.25, -0.2) is 0 Å². The highest BCUT2D eigenvalue weighted by Crippen LogP contribution is 2.25. The van der Waals surface area contributed by atoms with E-state index in [-0.39, 0.29) is 5.91 Å². The lowest BCUT2D eigenvalue weighted by molar-refractivity contribution is 0.0654. The van der Waals surface area contributed by atoms with Crippen LogP contribution in [0.5, 0.6) is 0 Å². The van der Waals surface area contributed by atoms with Crippen LogP contribution in [0, 0.1) is 0 Å². The number of hydrogen-bond acceptors (Lipinski definition) is 3. The SMILES string of the molecule is CCCN(C(=O)c1sccc1Cl)C1CCCNC1. The van der Waals surface area contributed by atoms with Crippen LogP contribution in [-0.2, 0) is 0 Å². The zero-order valence-electron chi connectivity index (χ0n) is 10.6. The van der Waals surface area contributed by atoms with Gasteiger partial charge in [0.05, 0.1) is 5.02 Å². The average molecular weight is 287 g/mol. The van der Waals surface area contributed by atoms with Gasteiger partial charge in [-0.2, -0.15) is 0 Å². The molecule has 18 heavy (non-hydrogen) atoms. The van der Waals surface area contributed by atoms with Crippen LogP contribution in [0.25, 0.3) is 0 Å². The molecule has 2 heterocycles. The summed E-state index contributed by atoms with van der Waals surface area (Å²) in [5.74, 6) is 0.0885. The second-order valence-electron chi connectivity index (χ2n) is 4.60. The number of hydrogen-bond donors (Lipinski definition) is 1. The molecule has 2 rings (SSSR count). The lowest BCUT2D eigenvalue weighted by atomic mass is 10.1. The topological polar surface area (TPSA) is 32.3 Å². The Morgan fingerprint density at radius 3 is 3.06 bits per heavy atom. The molecule has 0 spiro atoms. The Kier molecular flexibility index (Phi) is 5.03. The number of nitrogens with zero attached hydrogens (tertiary/aromatic N) is 1. The van der Waals surface area contributed by atoms with Gasteiger partial charge in [0, 0.05) is 19.1 Å². The van der Waals surface area contributed by atoms with E-state index in [9.17, 15) is 4.79 Å².